The van der Waals surface area contributed by atoms with Crippen LogP contribution in [0.4, 0.5) is 4.79 Å². The lowest BCUT2D eigenvalue weighted by Gasteiger charge is -2.17. The van der Waals surface area contributed by atoms with Gasteiger partial charge in [0.2, 0.25) is 0 Å². The Morgan fingerprint density at radius 1 is 1.36 bits per heavy atom. The molecular formula is C13H16N4O5. The van der Waals surface area contributed by atoms with Gasteiger partial charge in [0.1, 0.15) is 12.6 Å². The lowest BCUT2D eigenvalue weighted by atomic mass is 10.1. The number of carboxylic acids is 1. The van der Waals surface area contributed by atoms with E-state index in [2.05, 4.69) is 15.3 Å². The predicted molar refractivity (Wildman–Crippen MR) is 75.8 cm³/mol. The number of carboxylic acid groups (broad SMARTS) is 1. The van der Waals surface area contributed by atoms with E-state index in [1.165, 1.54) is 0 Å². The Morgan fingerprint density at radius 2 is 2.05 bits per heavy atom. The first-order chi connectivity index (χ1) is 10.5. The molecular weight excluding hydrogens is 292 g/mol. The van der Waals surface area contributed by atoms with Crippen LogP contribution in [-0.2, 0) is 16.1 Å². The van der Waals surface area contributed by atoms with Crippen LogP contribution in [0.5, 0.6) is 0 Å². The van der Waals surface area contributed by atoms with Crippen LogP contribution in [0.2, 0.25) is 0 Å². The number of nitrogens with one attached hydrogen (secondary N) is 1. The minimum absolute atomic E-state index is 0.000289. The summed E-state index contributed by atoms with van der Waals surface area (Å²) < 4.78 is 4.89. The van der Waals surface area contributed by atoms with E-state index in [1.807, 2.05) is 6.07 Å². The van der Waals surface area contributed by atoms with Crippen molar-refractivity contribution in [3.05, 3.63) is 46.3 Å². The van der Waals surface area contributed by atoms with Crippen molar-refractivity contribution < 1.29 is 24.5 Å². The van der Waals surface area contributed by atoms with Crippen LogP contribution in [0.15, 0.2) is 35.4 Å². The van der Waals surface area contributed by atoms with Gasteiger partial charge >= 0.3 is 12.1 Å². The fourth-order valence-corrected chi connectivity index (χ4v) is 1.61. The number of carbonyl (C=O) groups is 2. The molecule has 0 fully saturated rings. The average Bonchev–Trinajstić information content (AvgIpc) is 2.51. The van der Waals surface area contributed by atoms with E-state index in [4.69, 9.17) is 15.4 Å². The number of amides is 1. The number of benzene rings is 1. The molecule has 0 saturated heterocycles. The van der Waals surface area contributed by atoms with Crippen LogP contribution in [0.3, 0.4) is 0 Å². The van der Waals surface area contributed by atoms with Gasteiger partial charge < -0.3 is 20.3 Å². The van der Waals surface area contributed by atoms with Crippen molar-refractivity contribution in [2.24, 2.45) is 5.11 Å². The topological polar surface area (TPSA) is 145 Å². The number of rotatable bonds is 8. The van der Waals surface area contributed by atoms with Gasteiger partial charge in [-0.1, -0.05) is 35.4 Å². The van der Waals surface area contributed by atoms with E-state index in [0.29, 0.717) is 0 Å². The molecule has 1 amide bonds. The number of ether oxygens (including phenoxy) is 1. The zero-order valence-corrected chi connectivity index (χ0v) is 11.6. The van der Waals surface area contributed by atoms with Gasteiger partial charge in [-0.3, -0.25) is 0 Å². The van der Waals surface area contributed by atoms with Crippen molar-refractivity contribution in [2.45, 2.75) is 25.2 Å². The molecule has 9 heteroatoms. The summed E-state index contributed by atoms with van der Waals surface area (Å²) in [5.41, 5.74) is 8.88. The predicted octanol–water partition coefficient (Wildman–Crippen LogP) is 1.43. The molecule has 0 spiro atoms. The molecule has 0 radical (unpaired) electrons. The summed E-state index contributed by atoms with van der Waals surface area (Å²) in [6, 6.07) is 7.55. The maximum absolute atomic E-state index is 11.6. The summed E-state index contributed by atoms with van der Waals surface area (Å²) in [6.07, 6.45) is -2.38. The number of aliphatic hydroxyl groups excluding tert-OH is 1. The third-order valence-corrected chi connectivity index (χ3v) is 2.67. The van der Waals surface area contributed by atoms with Crippen LogP contribution >= 0.6 is 0 Å². The van der Waals surface area contributed by atoms with Crippen molar-refractivity contribution in [3.8, 4) is 0 Å². The number of azide groups is 1. The van der Waals surface area contributed by atoms with Crippen molar-refractivity contribution in [1.29, 1.82) is 0 Å². The third kappa shape index (κ3) is 6.60. The summed E-state index contributed by atoms with van der Waals surface area (Å²) in [5, 5.41) is 23.8. The molecule has 0 bridgehead atoms. The minimum Gasteiger partial charge on any atom is -0.480 e. The van der Waals surface area contributed by atoms with Crippen LogP contribution in [0, 0.1) is 0 Å². The number of aliphatic hydroxyl groups is 1. The van der Waals surface area contributed by atoms with Gasteiger partial charge in [-0.25, -0.2) is 9.59 Å². The summed E-state index contributed by atoms with van der Waals surface area (Å²) in [7, 11) is 0. The van der Waals surface area contributed by atoms with Gasteiger partial charge in [0.05, 0.1) is 12.6 Å². The molecule has 2 atom stereocenters. The largest absolute Gasteiger partial charge is 0.480 e. The number of alkyl carbamates (subject to hydrolysis) is 1. The van der Waals surface area contributed by atoms with E-state index in [9.17, 15) is 14.7 Å². The normalized spacial score (nSPS) is 12.6. The van der Waals surface area contributed by atoms with Gasteiger partial charge in [-0.2, -0.15) is 0 Å². The lowest BCUT2D eigenvalue weighted by molar-refractivity contribution is -0.140. The SMILES string of the molecule is [N-]=[N+]=NC[C@@H](O)C[C@H](NC(=O)OCc1ccccc1)C(=O)O. The highest BCUT2D eigenvalue weighted by atomic mass is 16.5. The Hall–Kier alpha value is -2.77. The van der Waals surface area contributed by atoms with Gasteiger partial charge in [0.15, 0.2) is 0 Å². The van der Waals surface area contributed by atoms with Crippen LogP contribution < -0.4 is 5.32 Å². The molecule has 118 valence electrons. The molecule has 0 aliphatic carbocycles. The second-order valence-corrected chi connectivity index (χ2v) is 4.40. The van der Waals surface area contributed by atoms with E-state index >= 15 is 0 Å². The Bertz CT molecular complexity index is 545. The summed E-state index contributed by atoms with van der Waals surface area (Å²) >= 11 is 0. The first-order valence-corrected chi connectivity index (χ1v) is 6.42. The van der Waals surface area contributed by atoms with Crippen molar-refractivity contribution in [1.82, 2.24) is 5.32 Å². The van der Waals surface area contributed by atoms with Gasteiger partial charge in [-0.15, -0.1) is 0 Å². The van der Waals surface area contributed by atoms with Gasteiger partial charge in [0.25, 0.3) is 0 Å². The van der Waals surface area contributed by atoms with Crippen LogP contribution in [0.1, 0.15) is 12.0 Å². The maximum atomic E-state index is 11.6. The fourth-order valence-electron chi connectivity index (χ4n) is 1.61. The first-order valence-electron chi connectivity index (χ1n) is 6.42. The number of hydrogen-bond acceptors (Lipinski definition) is 5. The maximum Gasteiger partial charge on any atom is 0.408 e. The lowest BCUT2D eigenvalue weighted by Crippen LogP contribution is -2.43. The number of aliphatic carboxylic acids is 1. The highest BCUT2D eigenvalue weighted by Gasteiger charge is 2.23. The number of nitrogens with zero attached hydrogens (tertiary/aromatic N) is 3. The van der Waals surface area contributed by atoms with E-state index in [-0.39, 0.29) is 19.6 Å². The zero-order chi connectivity index (χ0) is 16.4. The Kier molecular flexibility index (Phi) is 7.24. The first kappa shape index (κ1) is 17.3. The van der Waals surface area contributed by atoms with E-state index < -0.39 is 24.2 Å². The molecule has 0 aromatic heterocycles. The molecule has 0 aliphatic heterocycles. The van der Waals surface area contributed by atoms with Crippen molar-refractivity contribution >= 4 is 12.1 Å². The Morgan fingerprint density at radius 3 is 2.64 bits per heavy atom. The highest BCUT2D eigenvalue weighted by Crippen LogP contribution is 2.03. The molecule has 0 aliphatic rings. The molecule has 1 aromatic rings. The van der Waals surface area contributed by atoms with E-state index in [1.54, 1.807) is 24.3 Å². The molecule has 0 unspecified atom stereocenters. The zero-order valence-electron chi connectivity index (χ0n) is 11.6. The summed E-state index contributed by atoms with van der Waals surface area (Å²) in [6.45, 7) is -0.276. The Labute approximate surface area is 126 Å². The molecule has 0 heterocycles. The molecule has 1 aromatic carbocycles. The molecule has 22 heavy (non-hydrogen) atoms. The van der Waals surface area contributed by atoms with Crippen molar-refractivity contribution in [2.75, 3.05) is 6.54 Å². The van der Waals surface area contributed by atoms with Gasteiger partial charge in [-0.05, 0) is 11.1 Å². The van der Waals surface area contributed by atoms with Crippen LogP contribution in [0.25, 0.3) is 10.4 Å². The minimum atomic E-state index is -1.34. The van der Waals surface area contributed by atoms with Crippen LogP contribution in [-0.4, -0.2) is 41.0 Å². The summed E-state index contributed by atoms with van der Waals surface area (Å²) in [5.74, 6) is -1.32. The summed E-state index contributed by atoms with van der Waals surface area (Å²) in [4.78, 5) is 25.1. The van der Waals surface area contributed by atoms with E-state index in [0.717, 1.165) is 5.56 Å². The number of carbonyl (C=O) groups excluding carboxylic acids is 1. The number of hydrogen-bond donors (Lipinski definition) is 3. The molecule has 0 saturated carbocycles. The standard InChI is InChI=1S/C13H16N4O5/c14-17-15-7-10(18)6-11(12(19)20)16-13(21)22-8-9-4-2-1-3-5-9/h1-5,10-11,18H,6-8H2,(H,16,21)(H,19,20)/t10-,11-/m0/s1. The monoisotopic (exact) mass is 308 g/mol. The quantitative estimate of drug-likeness (QED) is 0.378. The average molecular weight is 308 g/mol. The smallest absolute Gasteiger partial charge is 0.408 e. The second-order valence-electron chi connectivity index (χ2n) is 4.40. The molecule has 9 nitrogen and oxygen atoms in total. The highest BCUT2D eigenvalue weighted by molar-refractivity contribution is 5.79. The Balaban J connectivity index is 2.46. The van der Waals surface area contributed by atoms with Crippen molar-refractivity contribution in [3.63, 3.8) is 0 Å². The second kappa shape index (κ2) is 9.22. The molecule has 3 N–H and O–H groups in total. The molecule has 1 rings (SSSR count). The fraction of sp³-hybridized carbons (Fsp3) is 0.385. The third-order valence-electron chi connectivity index (χ3n) is 2.67. The van der Waals surface area contributed by atoms with Gasteiger partial charge in [0, 0.05) is 11.3 Å².